The maximum atomic E-state index is 12.9. The van der Waals surface area contributed by atoms with Crippen molar-refractivity contribution in [2.24, 2.45) is 0 Å². The molecule has 0 amide bonds. The summed E-state index contributed by atoms with van der Waals surface area (Å²) in [6, 6.07) is 8.35. The number of alkyl halides is 3. The number of halogens is 3. The van der Waals surface area contributed by atoms with Gasteiger partial charge in [-0.3, -0.25) is 4.72 Å². The number of anilines is 1. The Morgan fingerprint density at radius 2 is 1.57 bits per heavy atom. The second-order valence-corrected chi connectivity index (χ2v) is 6.13. The zero-order valence-corrected chi connectivity index (χ0v) is 12.1. The Labute approximate surface area is 129 Å². The summed E-state index contributed by atoms with van der Waals surface area (Å²) in [5, 5.41) is 8.75. The van der Waals surface area contributed by atoms with Crippen LogP contribution in [0, 0.1) is 0 Å². The molecule has 2 aromatic rings. The van der Waals surface area contributed by atoms with Crippen LogP contribution >= 0.6 is 0 Å². The number of carboxylic acids is 1. The van der Waals surface area contributed by atoms with E-state index in [1.165, 1.54) is 6.07 Å². The van der Waals surface area contributed by atoms with E-state index in [0.29, 0.717) is 6.07 Å². The lowest BCUT2D eigenvalue weighted by Crippen LogP contribution is -2.18. The lowest BCUT2D eigenvalue weighted by molar-refractivity contribution is -0.139. The van der Waals surface area contributed by atoms with Gasteiger partial charge in [-0.25, -0.2) is 13.2 Å². The number of nitrogens with one attached hydrogen (secondary N) is 1. The van der Waals surface area contributed by atoms with Crippen LogP contribution in [0.15, 0.2) is 53.4 Å². The first-order valence-electron chi connectivity index (χ1n) is 6.13. The minimum atomic E-state index is -4.82. The average Bonchev–Trinajstić information content (AvgIpc) is 2.46. The van der Waals surface area contributed by atoms with Gasteiger partial charge in [-0.05, 0) is 36.4 Å². The monoisotopic (exact) mass is 345 g/mol. The molecule has 5 nitrogen and oxygen atoms in total. The van der Waals surface area contributed by atoms with E-state index in [0.717, 1.165) is 36.4 Å². The normalized spacial score (nSPS) is 12.0. The molecule has 0 unspecified atom stereocenters. The number of rotatable bonds is 4. The van der Waals surface area contributed by atoms with Gasteiger partial charge in [0, 0.05) is 5.69 Å². The van der Waals surface area contributed by atoms with E-state index in [4.69, 9.17) is 5.11 Å². The Morgan fingerprint density at radius 3 is 2.09 bits per heavy atom. The number of carboxylic acid groups (broad SMARTS) is 1. The Bertz CT molecular complexity index is 830. The molecule has 0 saturated carbocycles. The minimum absolute atomic E-state index is 0.0491. The number of aromatic carboxylic acids is 1. The van der Waals surface area contributed by atoms with Gasteiger partial charge in [-0.2, -0.15) is 13.2 Å². The predicted molar refractivity (Wildman–Crippen MR) is 75.7 cm³/mol. The number of carbonyl (C=O) groups is 1. The van der Waals surface area contributed by atoms with Gasteiger partial charge in [-0.15, -0.1) is 0 Å². The Hall–Kier alpha value is -2.55. The summed E-state index contributed by atoms with van der Waals surface area (Å²) in [5.41, 5.74) is -1.41. The smallest absolute Gasteiger partial charge is 0.417 e. The molecule has 0 spiro atoms. The summed E-state index contributed by atoms with van der Waals surface area (Å²) < 4.78 is 65.0. The van der Waals surface area contributed by atoms with Crippen LogP contribution in [0.1, 0.15) is 15.9 Å². The lowest BCUT2D eigenvalue weighted by Gasteiger charge is -2.14. The fourth-order valence-corrected chi connectivity index (χ4v) is 3.11. The molecule has 0 aliphatic heterocycles. The van der Waals surface area contributed by atoms with Gasteiger partial charge in [-0.1, -0.05) is 12.1 Å². The Morgan fingerprint density at radius 1 is 1.00 bits per heavy atom. The topological polar surface area (TPSA) is 83.5 Å². The molecule has 0 atom stereocenters. The van der Waals surface area contributed by atoms with Crippen molar-refractivity contribution >= 4 is 21.7 Å². The van der Waals surface area contributed by atoms with Crippen molar-refractivity contribution in [1.29, 1.82) is 0 Å². The first-order valence-corrected chi connectivity index (χ1v) is 7.62. The van der Waals surface area contributed by atoms with Gasteiger partial charge in [0.15, 0.2) is 0 Å². The molecule has 0 bridgehead atoms. The molecule has 0 radical (unpaired) electrons. The van der Waals surface area contributed by atoms with Gasteiger partial charge >= 0.3 is 12.1 Å². The van der Waals surface area contributed by atoms with Crippen LogP contribution in [0.5, 0.6) is 0 Å². The molecule has 23 heavy (non-hydrogen) atoms. The van der Waals surface area contributed by atoms with Crippen molar-refractivity contribution in [3.63, 3.8) is 0 Å². The van der Waals surface area contributed by atoms with Crippen molar-refractivity contribution in [3.8, 4) is 0 Å². The third-order valence-corrected chi connectivity index (χ3v) is 4.31. The standard InChI is InChI=1S/C14H10F3NO4S/c15-14(16,17)11-3-1-2-4-12(11)23(21,22)18-10-7-5-9(6-8-10)13(19)20/h1-8,18H,(H,19,20). The molecule has 2 aromatic carbocycles. The molecule has 2 N–H and O–H groups in total. The number of benzene rings is 2. The molecule has 122 valence electrons. The lowest BCUT2D eigenvalue weighted by atomic mass is 10.2. The van der Waals surface area contributed by atoms with Crippen molar-refractivity contribution in [2.45, 2.75) is 11.1 Å². The third-order valence-electron chi connectivity index (χ3n) is 2.87. The summed E-state index contributed by atoms with van der Waals surface area (Å²) in [5.74, 6) is -1.21. The van der Waals surface area contributed by atoms with Gasteiger partial charge in [0.2, 0.25) is 0 Å². The van der Waals surface area contributed by atoms with Gasteiger partial charge in [0.1, 0.15) is 0 Å². The third kappa shape index (κ3) is 3.81. The van der Waals surface area contributed by atoms with Crippen molar-refractivity contribution in [3.05, 3.63) is 59.7 Å². The van der Waals surface area contributed by atoms with E-state index in [2.05, 4.69) is 0 Å². The van der Waals surface area contributed by atoms with E-state index < -0.39 is 32.6 Å². The summed E-state index contributed by atoms with van der Waals surface area (Å²) in [4.78, 5) is 9.80. The summed E-state index contributed by atoms with van der Waals surface area (Å²) in [6.45, 7) is 0. The van der Waals surface area contributed by atoms with Crippen molar-refractivity contribution in [1.82, 2.24) is 0 Å². The van der Waals surface area contributed by atoms with Crippen LogP contribution in [0.3, 0.4) is 0 Å². The van der Waals surface area contributed by atoms with Gasteiger partial charge < -0.3 is 5.11 Å². The van der Waals surface area contributed by atoms with Crippen LogP contribution in [0.2, 0.25) is 0 Å². The highest BCUT2D eigenvalue weighted by atomic mass is 32.2. The number of hydrogen-bond acceptors (Lipinski definition) is 3. The molecular weight excluding hydrogens is 335 g/mol. The zero-order chi connectivity index (χ0) is 17.3. The minimum Gasteiger partial charge on any atom is -0.478 e. The maximum Gasteiger partial charge on any atom is 0.417 e. The van der Waals surface area contributed by atoms with Gasteiger partial charge in [0.05, 0.1) is 16.0 Å². The first-order chi connectivity index (χ1) is 10.6. The molecule has 0 heterocycles. The van der Waals surface area contributed by atoms with E-state index in [1.54, 1.807) is 0 Å². The SMILES string of the molecule is O=C(O)c1ccc(NS(=O)(=O)c2ccccc2C(F)(F)F)cc1. The average molecular weight is 345 g/mol. The van der Waals surface area contributed by atoms with Crippen molar-refractivity contribution < 1.29 is 31.5 Å². The van der Waals surface area contributed by atoms with Crippen LogP contribution in [0.4, 0.5) is 18.9 Å². The fourth-order valence-electron chi connectivity index (χ4n) is 1.83. The van der Waals surface area contributed by atoms with Crippen LogP contribution in [-0.4, -0.2) is 19.5 Å². The number of sulfonamides is 1. The molecule has 2 rings (SSSR count). The van der Waals surface area contributed by atoms with E-state index in [9.17, 15) is 26.4 Å². The molecular formula is C14H10F3NO4S. The van der Waals surface area contributed by atoms with E-state index >= 15 is 0 Å². The second-order valence-electron chi connectivity index (χ2n) is 4.48. The second kappa shape index (κ2) is 5.92. The summed E-state index contributed by atoms with van der Waals surface area (Å²) in [7, 11) is -4.48. The summed E-state index contributed by atoms with van der Waals surface area (Å²) in [6.07, 6.45) is -4.82. The largest absolute Gasteiger partial charge is 0.478 e. The van der Waals surface area contributed by atoms with E-state index in [1.807, 2.05) is 4.72 Å². The maximum absolute atomic E-state index is 12.9. The molecule has 0 aliphatic rings. The first kappa shape index (κ1) is 16.8. The molecule has 0 aliphatic carbocycles. The highest BCUT2D eigenvalue weighted by Crippen LogP contribution is 2.34. The van der Waals surface area contributed by atoms with Crippen LogP contribution in [-0.2, 0) is 16.2 Å². The van der Waals surface area contributed by atoms with Crippen LogP contribution < -0.4 is 4.72 Å². The van der Waals surface area contributed by atoms with E-state index in [-0.39, 0.29) is 11.3 Å². The number of hydrogen-bond donors (Lipinski definition) is 2. The van der Waals surface area contributed by atoms with Crippen molar-refractivity contribution in [2.75, 3.05) is 4.72 Å². The Kier molecular flexibility index (Phi) is 4.33. The summed E-state index contributed by atoms with van der Waals surface area (Å²) >= 11 is 0. The quantitative estimate of drug-likeness (QED) is 0.891. The zero-order valence-electron chi connectivity index (χ0n) is 11.3. The predicted octanol–water partition coefficient (Wildman–Crippen LogP) is 3.20. The Balaban J connectivity index is 2.38. The molecule has 0 fully saturated rings. The molecule has 9 heteroatoms. The molecule has 0 saturated heterocycles. The van der Waals surface area contributed by atoms with Crippen LogP contribution in [0.25, 0.3) is 0 Å². The highest BCUT2D eigenvalue weighted by molar-refractivity contribution is 7.92. The fraction of sp³-hybridized carbons (Fsp3) is 0.0714. The van der Waals surface area contributed by atoms with Gasteiger partial charge in [0.25, 0.3) is 10.0 Å². The molecule has 0 aromatic heterocycles. The highest BCUT2D eigenvalue weighted by Gasteiger charge is 2.36.